The summed E-state index contributed by atoms with van der Waals surface area (Å²) in [5.41, 5.74) is 7.80. The molecule has 134 valence electrons. The maximum atomic E-state index is 12.3. The third-order valence-corrected chi connectivity index (χ3v) is 4.77. The summed E-state index contributed by atoms with van der Waals surface area (Å²) in [4.78, 5) is 28.5. The van der Waals surface area contributed by atoms with Crippen LogP contribution in [0.3, 0.4) is 0 Å². The Morgan fingerprint density at radius 2 is 1.81 bits per heavy atom. The van der Waals surface area contributed by atoms with E-state index in [1.807, 2.05) is 43.3 Å². The lowest BCUT2D eigenvalue weighted by Gasteiger charge is -2.07. The average molecular weight is 368 g/mol. The van der Waals surface area contributed by atoms with E-state index in [0.29, 0.717) is 17.1 Å². The molecule has 26 heavy (non-hydrogen) atoms. The minimum absolute atomic E-state index is 0.177. The van der Waals surface area contributed by atoms with Gasteiger partial charge in [0.05, 0.1) is 10.2 Å². The number of rotatable bonds is 7. The summed E-state index contributed by atoms with van der Waals surface area (Å²) in [7, 11) is 0. The SMILES string of the molecule is CCCNNC(=O)c1ccc(CNC(=O)c2nc3ccccc3s2)cc1. The van der Waals surface area contributed by atoms with Gasteiger partial charge in [-0.05, 0) is 36.2 Å². The number of hydrazine groups is 1. The molecule has 2 amide bonds. The van der Waals surface area contributed by atoms with Crippen LogP contribution in [0.5, 0.6) is 0 Å². The second kappa shape index (κ2) is 8.55. The van der Waals surface area contributed by atoms with Gasteiger partial charge in [-0.2, -0.15) is 0 Å². The first-order valence-electron chi connectivity index (χ1n) is 8.43. The van der Waals surface area contributed by atoms with Gasteiger partial charge in [0, 0.05) is 18.7 Å². The van der Waals surface area contributed by atoms with Crippen LogP contribution in [0.1, 0.15) is 39.1 Å². The van der Waals surface area contributed by atoms with Crippen molar-refractivity contribution in [1.82, 2.24) is 21.2 Å². The number of hydrogen-bond donors (Lipinski definition) is 3. The summed E-state index contributed by atoms with van der Waals surface area (Å²) in [5, 5.41) is 3.31. The second-order valence-electron chi connectivity index (χ2n) is 5.75. The van der Waals surface area contributed by atoms with Crippen molar-refractivity contribution in [3.05, 3.63) is 64.7 Å². The Labute approximate surface area is 155 Å². The highest BCUT2D eigenvalue weighted by Gasteiger charge is 2.12. The Hall–Kier alpha value is -2.77. The van der Waals surface area contributed by atoms with Gasteiger partial charge in [0.25, 0.3) is 11.8 Å². The molecule has 3 aromatic rings. The topological polar surface area (TPSA) is 83.1 Å². The Morgan fingerprint density at radius 3 is 2.54 bits per heavy atom. The maximum Gasteiger partial charge on any atom is 0.280 e. The molecule has 0 fully saturated rings. The first-order chi connectivity index (χ1) is 12.7. The summed E-state index contributed by atoms with van der Waals surface area (Å²) < 4.78 is 0.990. The van der Waals surface area contributed by atoms with Gasteiger partial charge in [-0.15, -0.1) is 11.3 Å². The van der Waals surface area contributed by atoms with E-state index in [-0.39, 0.29) is 11.8 Å². The molecule has 0 aliphatic carbocycles. The van der Waals surface area contributed by atoms with E-state index in [4.69, 9.17) is 0 Å². The van der Waals surface area contributed by atoms with Gasteiger partial charge in [0.2, 0.25) is 0 Å². The van der Waals surface area contributed by atoms with Crippen molar-refractivity contribution in [1.29, 1.82) is 0 Å². The van der Waals surface area contributed by atoms with Crippen LogP contribution in [-0.4, -0.2) is 23.3 Å². The Bertz CT molecular complexity index is 872. The fraction of sp³-hybridized carbons (Fsp3) is 0.211. The largest absolute Gasteiger partial charge is 0.346 e. The van der Waals surface area contributed by atoms with Gasteiger partial charge >= 0.3 is 0 Å². The molecular weight excluding hydrogens is 348 g/mol. The Morgan fingerprint density at radius 1 is 1.04 bits per heavy atom. The van der Waals surface area contributed by atoms with E-state index in [0.717, 1.165) is 28.7 Å². The smallest absolute Gasteiger partial charge is 0.280 e. The highest BCUT2D eigenvalue weighted by atomic mass is 32.1. The van der Waals surface area contributed by atoms with Gasteiger partial charge in [-0.3, -0.25) is 15.0 Å². The summed E-state index contributed by atoms with van der Waals surface area (Å²) in [6.07, 6.45) is 0.938. The van der Waals surface area contributed by atoms with E-state index < -0.39 is 0 Å². The van der Waals surface area contributed by atoms with E-state index in [9.17, 15) is 9.59 Å². The van der Waals surface area contributed by atoms with Crippen molar-refractivity contribution in [3.63, 3.8) is 0 Å². The fourth-order valence-corrected chi connectivity index (χ4v) is 3.22. The van der Waals surface area contributed by atoms with Crippen molar-refractivity contribution in [3.8, 4) is 0 Å². The van der Waals surface area contributed by atoms with Crippen molar-refractivity contribution in [2.24, 2.45) is 0 Å². The van der Waals surface area contributed by atoms with Crippen molar-refractivity contribution in [2.75, 3.05) is 6.54 Å². The number of hydrogen-bond acceptors (Lipinski definition) is 5. The predicted molar refractivity (Wildman–Crippen MR) is 103 cm³/mol. The third kappa shape index (κ3) is 4.44. The molecule has 3 N–H and O–H groups in total. The number of fused-ring (bicyclic) bond motifs is 1. The van der Waals surface area contributed by atoms with Gasteiger partial charge < -0.3 is 5.32 Å². The van der Waals surface area contributed by atoms with E-state index in [2.05, 4.69) is 21.2 Å². The minimum atomic E-state index is -0.197. The molecule has 0 saturated heterocycles. The lowest BCUT2D eigenvalue weighted by Crippen LogP contribution is -2.37. The number of nitrogens with one attached hydrogen (secondary N) is 3. The zero-order chi connectivity index (χ0) is 18.4. The number of benzene rings is 2. The van der Waals surface area contributed by atoms with E-state index in [1.165, 1.54) is 11.3 Å². The normalized spacial score (nSPS) is 10.7. The van der Waals surface area contributed by atoms with E-state index >= 15 is 0 Å². The molecule has 0 radical (unpaired) electrons. The number of para-hydroxylation sites is 1. The highest BCUT2D eigenvalue weighted by Crippen LogP contribution is 2.21. The van der Waals surface area contributed by atoms with Crippen LogP contribution in [0.4, 0.5) is 0 Å². The number of carbonyl (C=O) groups is 2. The predicted octanol–water partition coefficient (Wildman–Crippen LogP) is 2.87. The number of thiazole rings is 1. The van der Waals surface area contributed by atoms with Gasteiger partial charge in [-0.25, -0.2) is 10.4 Å². The van der Waals surface area contributed by atoms with Crippen LogP contribution in [0.15, 0.2) is 48.5 Å². The molecule has 0 spiro atoms. The first kappa shape index (κ1) is 18.0. The molecule has 2 aromatic carbocycles. The second-order valence-corrected chi connectivity index (χ2v) is 6.78. The number of amides is 2. The first-order valence-corrected chi connectivity index (χ1v) is 9.25. The summed E-state index contributed by atoms with van der Waals surface area (Å²) >= 11 is 1.37. The molecule has 7 heteroatoms. The molecule has 1 aromatic heterocycles. The molecule has 0 atom stereocenters. The van der Waals surface area contributed by atoms with Gasteiger partial charge in [0.1, 0.15) is 0 Å². The van der Waals surface area contributed by atoms with Crippen molar-refractivity contribution >= 4 is 33.4 Å². The molecule has 0 aliphatic heterocycles. The third-order valence-electron chi connectivity index (χ3n) is 3.73. The lowest BCUT2D eigenvalue weighted by atomic mass is 10.1. The molecule has 0 aliphatic rings. The van der Waals surface area contributed by atoms with Crippen molar-refractivity contribution in [2.45, 2.75) is 19.9 Å². The number of carbonyl (C=O) groups excluding carboxylic acids is 2. The maximum absolute atomic E-state index is 12.3. The van der Waals surface area contributed by atoms with Gasteiger partial charge in [0.15, 0.2) is 5.01 Å². The summed E-state index contributed by atoms with van der Waals surface area (Å²) in [6.45, 7) is 3.13. The summed E-state index contributed by atoms with van der Waals surface area (Å²) in [6, 6.07) is 14.8. The molecule has 3 rings (SSSR count). The van der Waals surface area contributed by atoms with Crippen LogP contribution in [-0.2, 0) is 6.54 Å². The molecule has 0 unspecified atom stereocenters. The zero-order valence-corrected chi connectivity index (χ0v) is 15.2. The minimum Gasteiger partial charge on any atom is -0.346 e. The van der Waals surface area contributed by atoms with Crippen LogP contribution in [0.2, 0.25) is 0 Å². The van der Waals surface area contributed by atoms with E-state index in [1.54, 1.807) is 12.1 Å². The summed E-state index contributed by atoms with van der Waals surface area (Å²) in [5.74, 6) is -0.375. The Kier molecular flexibility index (Phi) is 5.93. The van der Waals surface area contributed by atoms with Crippen LogP contribution >= 0.6 is 11.3 Å². The quantitative estimate of drug-likeness (QED) is 0.442. The lowest BCUT2D eigenvalue weighted by molar-refractivity contribution is 0.0929. The monoisotopic (exact) mass is 368 g/mol. The molecule has 0 saturated carbocycles. The number of aromatic nitrogens is 1. The van der Waals surface area contributed by atoms with Crippen LogP contribution in [0, 0.1) is 0 Å². The van der Waals surface area contributed by atoms with Gasteiger partial charge in [-0.1, -0.05) is 31.2 Å². The highest BCUT2D eigenvalue weighted by molar-refractivity contribution is 7.20. The van der Waals surface area contributed by atoms with Crippen molar-refractivity contribution < 1.29 is 9.59 Å². The fourth-order valence-electron chi connectivity index (χ4n) is 2.34. The standard InChI is InChI=1S/C19H20N4O2S/c1-2-11-21-23-17(24)14-9-7-13(8-10-14)12-20-18(25)19-22-15-5-3-4-6-16(15)26-19/h3-10,21H,2,11-12H2,1H3,(H,20,25)(H,23,24). The van der Waals surface area contributed by atoms with Crippen LogP contribution in [0.25, 0.3) is 10.2 Å². The molecule has 6 nitrogen and oxygen atoms in total. The molecule has 1 heterocycles. The molecule has 0 bridgehead atoms. The average Bonchev–Trinajstić information content (AvgIpc) is 3.11. The number of nitrogens with zero attached hydrogens (tertiary/aromatic N) is 1. The molecular formula is C19H20N4O2S. The van der Waals surface area contributed by atoms with Crippen LogP contribution < -0.4 is 16.2 Å². The Balaban J connectivity index is 1.55. The zero-order valence-electron chi connectivity index (χ0n) is 14.4.